The van der Waals surface area contributed by atoms with Gasteiger partial charge in [0.15, 0.2) is 0 Å². The van der Waals surface area contributed by atoms with E-state index in [9.17, 15) is 9.59 Å². The number of rotatable bonds is 7. The predicted molar refractivity (Wildman–Crippen MR) is 89.1 cm³/mol. The average Bonchev–Trinajstić information content (AvgIpc) is 2.59. The number of amides is 2. The first kappa shape index (κ1) is 17.4. The smallest absolute Gasteiger partial charge is 0.224 e. The standard InChI is InChI=1S/C17H25N3O3/c1-2-18-13-14-5-3-4-6-15(14)19-16(21)7-8-17(22)20-9-11-23-12-10-20/h3-6,18H,2,7-13H2,1H3,(H,19,21). The first-order valence-electron chi connectivity index (χ1n) is 8.14. The molecule has 6 nitrogen and oxygen atoms in total. The number of nitrogens with one attached hydrogen (secondary N) is 2. The summed E-state index contributed by atoms with van der Waals surface area (Å²) in [6.45, 7) is 6.01. The second kappa shape index (κ2) is 9.27. The molecule has 0 unspecified atom stereocenters. The fourth-order valence-electron chi connectivity index (χ4n) is 2.46. The fourth-order valence-corrected chi connectivity index (χ4v) is 2.46. The minimum Gasteiger partial charge on any atom is -0.378 e. The van der Waals surface area contributed by atoms with Crippen LogP contribution in [0.5, 0.6) is 0 Å². The van der Waals surface area contributed by atoms with Crippen LogP contribution in [0.25, 0.3) is 0 Å². The minimum absolute atomic E-state index is 0.0179. The SMILES string of the molecule is CCNCc1ccccc1NC(=O)CCC(=O)N1CCOCC1. The topological polar surface area (TPSA) is 70.7 Å². The van der Waals surface area contributed by atoms with E-state index in [0.717, 1.165) is 17.8 Å². The number of morpholine rings is 1. The molecule has 6 heteroatoms. The molecule has 0 spiro atoms. The quantitative estimate of drug-likeness (QED) is 0.796. The highest BCUT2D eigenvalue weighted by atomic mass is 16.5. The van der Waals surface area contributed by atoms with Gasteiger partial charge in [-0.1, -0.05) is 25.1 Å². The van der Waals surface area contributed by atoms with E-state index in [2.05, 4.69) is 10.6 Å². The molecule has 1 aromatic carbocycles. The van der Waals surface area contributed by atoms with Crippen molar-refractivity contribution < 1.29 is 14.3 Å². The number of nitrogens with zero attached hydrogens (tertiary/aromatic N) is 1. The van der Waals surface area contributed by atoms with Crippen LogP contribution in [-0.2, 0) is 20.9 Å². The Hall–Kier alpha value is -1.92. The van der Waals surface area contributed by atoms with Crippen molar-refractivity contribution in [1.29, 1.82) is 0 Å². The van der Waals surface area contributed by atoms with Crippen molar-refractivity contribution in [3.8, 4) is 0 Å². The molecule has 1 aromatic rings. The van der Waals surface area contributed by atoms with Gasteiger partial charge in [0.1, 0.15) is 0 Å². The zero-order valence-corrected chi connectivity index (χ0v) is 13.6. The van der Waals surface area contributed by atoms with Crippen LogP contribution in [0.3, 0.4) is 0 Å². The Morgan fingerprint density at radius 3 is 2.65 bits per heavy atom. The molecule has 2 amide bonds. The molecule has 0 aromatic heterocycles. The first-order valence-corrected chi connectivity index (χ1v) is 8.14. The molecule has 1 fully saturated rings. The number of para-hydroxylation sites is 1. The monoisotopic (exact) mass is 319 g/mol. The Balaban J connectivity index is 1.81. The van der Waals surface area contributed by atoms with Gasteiger partial charge in [0, 0.05) is 38.2 Å². The summed E-state index contributed by atoms with van der Waals surface area (Å²) in [6.07, 6.45) is 0.437. The molecule has 2 rings (SSSR count). The lowest BCUT2D eigenvalue weighted by atomic mass is 10.1. The highest BCUT2D eigenvalue weighted by Crippen LogP contribution is 2.15. The average molecular weight is 319 g/mol. The summed E-state index contributed by atoms with van der Waals surface area (Å²) < 4.78 is 5.22. The van der Waals surface area contributed by atoms with E-state index in [-0.39, 0.29) is 24.7 Å². The molecule has 2 N–H and O–H groups in total. The normalized spacial score (nSPS) is 14.6. The van der Waals surface area contributed by atoms with Crippen LogP contribution in [-0.4, -0.2) is 49.6 Å². The van der Waals surface area contributed by atoms with Gasteiger partial charge in [-0.2, -0.15) is 0 Å². The summed E-state index contributed by atoms with van der Waals surface area (Å²) in [5, 5.41) is 6.15. The van der Waals surface area contributed by atoms with Crippen LogP contribution in [0.2, 0.25) is 0 Å². The van der Waals surface area contributed by atoms with E-state index in [0.29, 0.717) is 32.8 Å². The molecule has 0 saturated carbocycles. The summed E-state index contributed by atoms with van der Waals surface area (Å²) in [5.41, 5.74) is 1.85. The van der Waals surface area contributed by atoms with Crippen LogP contribution in [0.1, 0.15) is 25.3 Å². The lowest BCUT2D eigenvalue weighted by molar-refractivity contribution is -0.136. The molecule has 126 valence electrons. The van der Waals surface area contributed by atoms with Gasteiger partial charge in [0.2, 0.25) is 11.8 Å². The molecular formula is C17H25N3O3. The zero-order chi connectivity index (χ0) is 16.5. The van der Waals surface area contributed by atoms with Gasteiger partial charge in [0.05, 0.1) is 13.2 Å². The zero-order valence-electron chi connectivity index (χ0n) is 13.6. The molecule has 0 aliphatic carbocycles. The second-order valence-corrected chi connectivity index (χ2v) is 5.48. The third-order valence-electron chi connectivity index (χ3n) is 3.79. The van der Waals surface area contributed by atoms with Crippen LogP contribution in [0, 0.1) is 0 Å². The maximum Gasteiger partial charge on any atom is 0.224 e. The summed E-state index contributed by atoms with van der Waals surface area (Å²) in [7, 11) is 0. The minimum atomic E-state index is -0.129. The highest BCUT2D eigenvalue weighted by molar-refractivity contribution is 5.93. The second-order valence-electron chi connectivity index (χ2n) is 5.48. The molecule has 0 radical (unpaired) electrons. The Bertz CT molecular complexity index is 528. The first-order chi connectivity index (χ1) is 11.2. The van der Waals surface area contributed by atoms with Crippen molar-refractivity contribution >= 4 is 17.5 Å². The number of carbonyl (C=O) groups is 2. The summed E-state index contributed by atoms with van der Waals surface area (Å²) in [5.74, 6) is -0.111. The fraction of sp³-hybridized carbons (Fsp3) is 0.529. The van der Waals surface area contributed by atoms with Gasteiger partial charge >= 0.3 is 0 Å². The van der Waals surface area contributed by atoms with Crippen LogP contribution in [0.15, 0.2) is 24.3 Å². The number of hydrogen-bond acceptors (Lipinski definition) is 4. The van der Waals surface area contributed by atoms with Crippen molar-refractivity contribution in [2.75, 3.05) is 38.2 Å². The highest BCUT2D eigenvalue weighted by Gasteiger charge is 2.17. The Labute approximate surface area is 137 Å². The van der Waals surface area contributed by atoms with Crippen molar-refractivity contribution in [3.05, 3.63) is 29.8 Å². The third kappa shape index (κ3) is 5.65. The van der Waals surface area contributed by atoms with E-state index < -0.39 is 0 Å². The Kier molecular flexibility index (Phi) is 7.03. The van der Waals surface area contributed by atoms with Crippen LogP contribution < -0.4 is 10.6 Å². The van der Waals surface area contributed by atoms with Crippen molar-refractivity contribution in [2.45, 2.75) is 26.3 Å². The van der Waals surface area contributed by atoms with E-state index in [1.807, 2.05) is 31.2 Å². The molecular weight excluding hydrogens is 294 g/mol. The van der Waals surface area contributed by atoms with E-state index in [1.54, 1.807) is 4.90 Å². The van der Waals surface area contributed by atoms with Gasteiger partial charge in [-0.25, -0.2) is 0 Å². The van der Waals surface area contributed by atoms with Gasteiger partial charge < -0.3 is 20.3 Å². The van der Waals surface area contributed by atoms with Crippen molar-refractivity contribution in [2.24, 2.45) is 0 Å². The van der Waals surface area contributed by atoms with Crippen molar-refractivity contribution in [3.63, 3.8) is 0 Å². The predicted octanol–water partition coefficient (Wildman–Crippen LogP) is 1.37. The summed E-state index contributed by atoms with van der Waals surface area (Å²) in [6, 6.07) is 7.71. The number of carbonyl (C=O) groups excluding carboxylic acids is 2. The number of ether oxygens (including phenoxy) is 1. The van der Waals surface area contributed by atoms with E-state index >= 15 is 0 Å². The Morgan fingerprint density at radius 1 is 1.17 bits per heavy atom. The molecule has 1 heterocycles. The largest absolute Gasteiger partial charge is 0.378 e. The number of anilines is 1. The lowest BCUT2D eigenvalue weighted by Gasteiger charge is -2.26. The van der Waals surface area contributed by atoms with Crippen LogP contribution >= 0.6 is 0 Å². The summed E-state index contributed by atoms with van der Waals surface area (Å²) in [4.78, 5) is 25.9. The molecule has 0 atom stereocenters. The molecule has 0 bridgehead atoms. The van der Waals surface area contributed by atoms with Crippen molar-refractivity contribution in [1.82, 2.24) is 10.2 Å². The molecule has 1 saturated heterocycles. The maximum atomic E-state index is 12.1. The molecule has 1 aliphatic rings. The third-order valence-corrected chi connectivity index (χ3v) is 3.79. The number of hydrogen-bond donors (Lipinski definition) is 2. The molecule has 1 aliphatic heterocycles. The van der Waals surface area contributed by atoms with Gasteiger partial charge in [0.25, 0.3) is 0 Å². The maximum absolute atomic E-state index is 12.1. The van der Waals surface area contributed by atoms with E-state index in [4.69, 9.17) is 4.74 Å². The van der Waals surface area contributed by atoms with Gasteiger partial charge in [-0.15, -0.1) is 0 Å². The van der Waals surface area contributed by atoms with Gasteiger partial charge in [-0.3, -0.25) is 9.59 Å². The molecule has 23 heavy (non-hydrogen) atoms. The van der Waals surface area contributed by atoms with E-state index in [1.165, 1.54) is 0 Å². The Morgan fingerprint density at radius 2 is 1.91 bits per heavy atom. The lowest BCUT2D eigenvalue weighted by Crippen LogP contribution is -2.40. The van der Waals surface area contributed by atoms with Gasteiger partial charge in [-0.05, 0) is 18.2 Å². The number of benzene rings is 1. The van der Waals surface area contributed by atoms with Crippen LogP contribution in [0.4, 0.5) is 5.69 Å². The summed E-state index contributed by atoms with van der Waals surface area (Å²) >= 11 is 0.